The molecule has 2 heteroatoms. The first kappa shape index (κ1) is 10.4. The number of hydrogen-bond acceptors (Lipinski definition) is 2. The molecule has 0 aromatic rings. The molecule has 2 unspecified atom stereocenters. The molecule has 0 spiro atoms. The summed E-state index contributed by atoms with van der Waals surface area (Å²) < 4.78 is 0. The molecule has 0 amide bonds. The quantitative estimate of drug-likeness (QED) is 0.687. The zero-order valence-corrected chi connectivity index (χ0v) is 9.84. The number of hydrogen-bond donors (Lipinski definition) is 1. The zero-order chi connectivity index (χ0) is 10.2. The maximum atomic E-state index is 3.51. The lowest BCUT2D eigenvalue weighted by molar-refractivity contribution is 0.188. The highest BCUT2D eigenvalue weighted by atomic mass is 15.2. The fourth-order valence-electron chi connectivity index (χ4n) is 2.66. The van der Waals surface area contributed by atoms with Crippen LogP contribution in [0.4, 0.5) is 0 Å². The van der Waals surface area contributed by atoms with Crippen molar-refractivity contribution in [3.05, 3.63) is 0 Å². The van der Waals surface area contributed by atoms with Crippen molar-refractivity contribution in [3.63, 3.8) is 0 Å². The van der Waals surface area contributed by atoms with Gasteiger partial charge in [0.1, 0.15) is 0 Å². The molecule has 1 aliphatic carbocycles. The first-order valence-corrected chi connectivity index (χ1v) is 6.04. The average molecular weight is 196 g/mol. The molecule has 2 rings (SSSR count). The lowest BCUT2D eigenvalue weighted by atomic mass is 10.1. The maximum Gasteiger partial charge on any atom is 0.0153 e. The van der Waals surface area contributed by atoms with Gasteiger partial charge in [0.15, 0.2) is 0 Å². The SMILES string of the molecule is CC1CNCCCN(C2CC2(C)C)C1. The standard InChI is InChI=1S/C12H24N2/c1-10-8-13-5-4-6-14(9-10)11-7-12(11,2)3/h10-11,13H,4-9H2,1-3H3. The predicted molar refractivity (Wildman–Crippen MR) is 60.4 cm³/mol. The van der Waals surface area contributed by atoms with Crippen molar-refractivity contribution >= 4 is 0 Å². The van der Waals surface area contributed by atoms with Gasteiger partial charge in [-0.2, -0.15) is 0 Å². The van der Waals surface area contributed by atoms with Crippen molar-refractivity contribution in [2.45, 2.75) is 39.7 Å². The van der Waals surface area contributed by atoms with E-state index in [1.807, 2.05) is 0 Å². The Bertz CT molecular complexity index is 200. The van der Waals surface area contributed by atoms with Crippen molar-refractivity contribution in [2.75, 3.05) is 26.2 Å². The van der Waals surface area contributed by atoms with E-state index in [4.69, 9.17) is 0 Å². The van der Waals surface area contributed by atoms with E-state index < -0.39 is 0 Å². The fourth-order valence-corrected chi connectivity index (χ4v) is 2.66. The minimum Gasteiger partial charge on any atom is -0.316 e. The minimum atomic E-state index is 0.604. The number of rotatable bonds is 1. The van der Waals surface area contributed by atoms with Crippen LogP contribution in [-0.2, 0) is 0 Å². The second-order valence-corrected chi connectivity index (χ2v) is 5.87. The molecule has 2 atom stereocenters. The third-order valence-corrected chi connectivity index (χ3v) is 3.74. The first-order chi connectivity index (χ1) is 6.59. The van der Waals surface area contributed by atoms with E-state index in [2.05, 4.69) is 31.0 Å². The molecule has 0 aromatic carbocycles. The molecule has 1 N–H and O–H groups in total. The minimum absolute atomic E-state index is 0.604. The molecular weight excluding hydrogens is 172 g/mol. The Hall–Kier alpha value is -0.0800. The van der Waals surface area contributed by atoms with Crippen molar-refractivity contribution in [1.82, 2.24) is 10.2 Å². The van der Waals surface area contributed by atoms with Crippen LogP contribution >= 0.6 is 0 Å². The second kappa shape index (κ2) is 3.82. The molecule has 14 heavy (non-hydrogen) atoms. The van der Waals surface area contributed by atoms with E-state index in [9.17, 15) is 0 Å². The van der Waals surface area contributed by atoms with E-state index in [-0.39, 0.29) is 0 Å². The summed E-state index contributed by atoms with van der Waals surface area (Å²) in [6.07, 6.45) is 2.73. The molecule has 1 heterocycles. The summed E-state index contributed by atoms with van der Waals surface area (Å²) in [5.41, 5.74) is 0.604. The van der Waals surface area contributed by atoms with Gasteiger partial charge in [-0.1, -0.05) is 20.8 Å². The molecule has 0 aromatic heterocycles. The lowest BCUT2D eigenvalue weighted by Crippen LogP contribution is -2.40. The number of nitrogens with one attached hydrogen (secondary N) is 1. The van der Waals surface area contributed by atoms with Crippen LogP contribution in [0.1, 0.15) is 33.6 Å². The van der Waals surface area contributed by atoms with Crippen LogP contribution in [0.3, 0.4) is 0 Å². The van der Waals surface area contributed by atoms with Gasteiger partial charge in [0, 0.05) is 12.6 Å². The molecule has 2 fully saturated rings. The molecular formula is C12H24N2. The van der Waals surface area contributed by atoms with Gasteiger partial charge in [0.05, 0.1) is 0 Å². The van der Waals surface area contributed by atoms with Gasteiger partial charge in [-0.15, -0.1) is 0 Å². The topological polar surface area (TPSA) is 15.3 Å². The Balaban J connectivity index is 1.89. The third kappa shape index (κ3) is 2.29. The van der Waals surface area contributed by atoms with Crippen molar-refractivity contribution in [1.29, 1.82) is 0 Å². The maximum absolute atomic E-state index is 3.51. The van der Waals surface area contributed by atoms with Crippen molar-refractivity contribution in [3.8, 4) is 0 Å². The predicted octanol–water partition coefficient (Wildman–Crippen LogP) is 1.72. The first-order valence-electron chi connectivity index (χ1n) is 6.04. The fraction of sp³-hybridized carbons (Fsp3) is 1.00. The third-order valence-electron chi connectivity index (χ3n) is 3.74. The smallest absolute Gasteiger partial charge is 0.0153 e. The average Bonchev–Trinajstić information content (AvgIpc) is 2.67. The highest BCUT2D eigenvalue weighted by Gasteiger charge is 2.49. The van der Waals surface area contributed by atoms with Gasteiger partial charge in [-0.3, -0.25) is 4.90 Å². The summed E-state index contributed by atoms with van der Waals surface area (Å²) >= 11 is 0. The molecule has 1 saturated carbocycles. The summed E-state index contributed by atoms with van der Waals surface area (Å²) in [6, 6.07) is 0.878. The van der Waals surface area contributed by atoms with Crippen LogP contribution in [0.25, 0.3) is 0 Å². The van der Waals surface area contributed by atoms with Gasteiger partial charge < -0.3 is 5.32 Å². The van der Waals surface area contributed by atoms with E-state index in [0.29, 0.717) is 5.41 Å². The van der Waals surface area contributed by atoms with Crippen molar-refractivity contribution < 1.29 is 0 Å². The van der Waals surface area contributed by atoms with Gasteiger partial charge in [-0.25, -0.2) is 0 Å². The van der Waals surface area contributed by atoms with Crippen LogP contribution in [-0.4, -0.2) is 37.1 Å². The zero-order valence-electron chi connectivity index (χ0n) is 9.84. The van der Waals surface area contributed by atoms with Crippen LogP contribution in [0.5, 0.6) is 0 Å². The Morgan fingerprint density at radius 3 is 2.71 bits per heavy atom. The Kier molecular flexibility index (Phi) is 2.85. The number of nitrogens with zero attached hydrogens (tertiary/aromatic N) is 1. The Labute approximate surface area is 88.1 Å². The summed E-state index contributed by atoms with van der Waals surface area (Å²) in [4.78, 5) is 2.73. The van der Waals surface area contributed by atoms with Crippen molar-refractivity contribution in [2.24, 2.45) is 11.3 Å². The molecule has 0 radical (unpaired) electrons. The molecule has 82 valence electrons. The molecule has 2 nitrogen and oxygen atoms in total. The van der Waals surface area contributed by atoms with Crippen LogP contribution in [0, 0.1) is 11.3 Å². The van der Waals surface area contributed by atoms with Crippen LogP contribution in [0.15, 0.2) is 0 Å². The summed E-state index contributed by atoms with van der Waals surface area (Å²) in [5.74, 6) is 0.812. The van der Waals surface area contributed by atoms with Gasteiger partial charge in [0.25, 0.3) is 0 Å². The Morgan fingerprint density at radius 1 is 1.36 bits per heavy atom. The van der Waals surface area contributed by atoms with E-state index in [0.717, 1.165) is 12.0 Å². The highest BCUT2D eigenvalue weighted by Crippen LogP contribution is 2.48. The summed E-state index contributed by atoms with van der Waals surface area (Å²) in [7, 11) is 0. The Morgan fingerprint density at radius 2 is 2.07 bits per heavy atom. The molecule has 1 aliphatic heterocycles. The van der Waals surface area contributed by atoms with Gasteiger partial charge >= 0.3 is 0 Å². The van der Waals surface area contributed by atoms with Crippen LogP contribution in [0.2, 0.25) is 0 Å². The van der Waals surface area contributed by atoms with E-state index in [1.165, 1.54) is 39.0 Å². The highest BCUT2D eigenvalue weighted by molar-refractivity contribution is 5.03. The molecule has 0 bridgehead atoms. The van der Waals surface area contributed by atoms with Crippen LogP contribution < -0.4 is 5.32 Å². The summed E-state index contributed by atoms with van der Waals surface area (Å²) in [5, 5.41) is 3.51. The van der Waals surface area contributed by atoms with E-state index in [1.54, 1.807) is 0 Å². The van der Waals surface area contributed by atoms with E-state index >= 15 is 0 Å². The monoisotopic (exact) mass is 196 g/mol. The molecule has 2 aliphatic rings. The normalized spacial score (nSPS) is 38.8. The largest absolute Gasteiger partial charge is 0.316 e. The lowest BCUT2D eigenvalue weighted by Gasteiger charge is -2.30. The van der Waals surface area contributed by atoms with Gasteiger partial charge in [0.2, 0.25) is 0 Å². The summed E-state index contributed by atoms with van der Waals surface area (Å²) in [6.45, 7) is 12.2. The van der Waals surface area contributed by atoms with Gasteiger partial charge in [-0.05, 0) is 43.8 Å². The molecule has 1 saturated heterocycles. The second-order valence-electron chi connectivity index (χ2n) is 5.87.